The highest BCUT2D eigenvalue weighted by Crippen LogP contribution is 2.29. The Hall–Kier alpha value is -1.88. The quantitative estimate of drug-likeness (QED) is 0.934. The van der Waals surface area contributed by atoms with Gasteiger partial charge in [0.15, 0.2) is 5.69 Å². The SMILES string of the molecule is CC(C)Cn1nnc(C(=O)O)c1-c1ccccc1Cl. The lowest BCUT2D eigenvalue weighted by atomic mass is 10.1. The van der Waals surface area contributed by atoms with Crippen LogP contribution >= 0.6 is 11.6 Å². The number of halogens is 1. The van der Waals surface area contributed by atoms with Gasteiger partial charge >= 0.3 is 5.97 Å². The van der Waals surface area contributed by atoms with Gasteiger partial charge in [0.1, 0.15) is 5.69 Å². The van der Waals surface area contributed by atoms with E-state index in [1.807, 2.05) is 13.8 Å². The van der Waals surface area contributed by atoms with Gasteiger partial charge in [-0.15, -0.1) is 5.10 Å². The summed E-state index contributed by atoms with van der Waals surface area (Å²) in [6.07, 6.45) is 0. The topological polar surface area (TPSA) is 68.0 Å². The third kappa shape index (κ3) is 2.76. The summed E-state index contributed by atoms with van der Waals surface area (Å²) in [5.74, 6) is -0.783. The summed E-state index contributed by atoms with van der Waals surface area (Å²) in [5, 5.41) is 17.4. The summed E-state index contributed by atoms with van der Waals surface area (Å²) in [5.41, 5.74) is 1.01. The van der Waals surface area contributed by atoms with E-state index in [9.17, 15) is 9.90 Å². The van der Waals surface area contributed by atoms with E-state index >= 15 is 0 Å². The molecule has 6 heteroatoms. The third-order valence-electron chi connectivity index (χ3n) is 2.60. The molecule has 1 heterocycles. The maximum atomic E-state index is 11.2. The smallest absolute Gasteiger partial charge is 0.358 e. The molecule has 0 atom stereocenters. The Kier molecular flexibility index (Phi) is 3.85. The largest absolute Gasteiger partial charge is 0.476 e. The number of hydrogen-bond donors (Lipinski definition) is 1. The summed E-state index contributed by atoms with van der Waals surface area (Å²) in [6, 6.07) is 7.09. The number of benzene rings is 1. The molecule has 19 heavy (non-hydrogen) atoms. The van der Waals surface area contributed by atoms with E-state index in [2.05, 4.69) is 10.3 Å². The van der Waals surface area contributed by atoms with Crippen LogP contribution in [0.2, 0.25) is 5.02 Å². The van der Waals surface area contributed by atoms with E-state index in [0.29, 0.717) is 28.7 Å². The summed E-state index contributed by atoms with van der Waals surface area (Å²) in [7, 11) is 0. The van der Waals surface area contributed by atoms with Crippen LogP contribution in [0.4, 0.5) is 0 Å². The lowest BCUT2D eigenvalue weighted by molar-refractivity contribution is 0.0691. The van der Waals surface area contributed by atoms with Gasteiger partial charge in [-0.3, -0.25) is 0 Å². The van der Waals surface area contributed by atoms with Crippen LogP contribution in [0.3, 0.4) is 0 Å². The molecule has 0 aliphatic rings. The second-order valence-electron chi connectivity index (χ2n) is 4.65. The zero-order valence-corrected chi connectivity index (χ0v) is 11.4. The summed E-state index contributed by atoms with van der Waals surface area (Å²) >= 11 is 6.14. The van der Waals surface area contributed by atoms with E-state index in [1.54, 1.807) is 28.9 Å². The molecule has 0 spiro atoms. The number of carboxylic acids is 1. The molecule has 5 nitrogen and oxygen atoms in total. The molecule has 0 aliphatic carbocycles. The van der Waals surface area contributed by atoms with Crippen molar-refractivity contribution >= 4 is 17.6 Å². The van der Waals surface area contributed by atoms with Crippen molar-refractivity contribution in [2.75, 3.05) is 0 Å². The first-order valence-corrected chi connectivity index (χ1v) is 6.30. The Morgan fingerprint density at radius 1 is 1.42 bits per heavy atom. The third-order valence-corrected chi connectivity index (χ3v) is 2.93. The van der Waals surface area contributed by atoms with Gasteiger partial charge in [0, 0.05) is 12.1 Å². The summed E-state index contributed by atoms with van der Waals surface area (Å²) in [4.78, 5) is 11.2. The Morgan fingerprint density at radius 2 is 2.11 bits per heavy atom. The van der Waals surface area contributed by atoms with Crippen molar-refractivity contribution < 1.29 is 9.90 Å². The van der Waals surface area contributed by atoms with Gasteiger partial charge < -0.3 is 5.11 Å². The maximum absolute atomic E-state index is 11.2. The molecule has 100 valence electrons. The fourth-order valence-corrected chi connectivity index (χ4v) is 2.08. The molecular weight excluding hydrogens is 266 g/mol. The predicted octanol–water partition coefficient (Wildman–Crippen LogP) is 2.95. The van der Waals surface area contributed by atoms with Crippen molar-refractivity contribution in [1.29, 1.82) is 0 Å². The predicted molar refractivity (Wildman–Crippen MR) is 72.3 cm³/mol. The number of nitrogens with zero attached hydrogens (tertiary/aromatic N) is 3. The minimum Gasteiger partial charge on any atom is -0.476 e. The lowest BCUT2D eigenvalue weighted by Gasteiger charge is -2.10. The normalized spacial score (nSPS) is 10.9. The number of carboxylic acid groups (broad SMARTS) is 1. The first kappa shape index (κ1) is 13.5. The van der Waals surface area contributed by atoms with Gasteiger partial charge in [0.05, 0.1) is 5.02 Å². The van der Waals surface area contributed by atoms with E-state index in [-0.39, 0.29) is 5.69 Å². The van der Waals surface area contributed by atoms with Gasteiger partial charge in [-0.25, -0.2) is 9.48 Å². The first-order chi connectivity index (χ1) is 9.00. The highest BCUT2D eigenvalue weighted by atomic mass is 35.5. The Bertz CT molecular complexity index is 608. The lowest BCUT2D eigenvalue weighted by Crippen LogP contribution is -2.09. The molecule has 0 amide bonds. The second-order valence-corrected chi connectivity index (χ2v) is 5.05. The Balaban J connectivity index is 2.61. The fourth-order valence-electron chi connectivity index (χ4n) is 1.85. The van der Waals surface area contributed by atoms with Crippen LogP contribution in [0.5, 0.6) is 0 Å². The van der Waals surface area contributed by atoms with Gasteiger partial charge in [-0.2, -0.15) is 0 Å². The van der Waals surface area contributed by atoms with E-state index in [4.69, 9.17) is 11.6 Å². The minimum atomic E-state index is -1.11. The molecule has 0 fully saturated rings. The fraction of sp³-hybridized carbons (Fsp3) is 0.308. The number of hydrogen-bond acceptors (Lipinski definition) is 3. The molecule has 0 aliphatic heterocycles. The van der Waals surface area contributed by atoms with Crippen LogP contribution in [-0.4, -0.2) is 26.1 Å². The molecule has 1 aromatic heterocycles. The van der Waals surface area contributed by atoms with Crippen LogP contribution in [0.1, 0.15) is 24.3 Å². The maximum Gasteiger partial charge on any atom is 0.358 e. The molecule has 2 aromatic rings. The van der Waals surface area contributed by atoms with Crippen molar-refractivity contribution in [1.82, 2.24) is 15.0 Å². The second kappa shape index (κ2) is 5.40. The summed E-state index contributed by atoms with van der Waals surface area (Å²) in [6.45, 7) is 4.64. The Morgan fingerprint density at radius 3 is 2.68 bits per heavy atom. The molecule has 2 rings (SSSR count). The van der Waals surface area contributed by atoms with E-state index in [0.717, 1.165) is 0 Å². The van der Waals surface area contributed by atoms with E-state index < -0.39 is 5.97 Å². The Labute approximate surface area is 115 Å². The van der Waals surface area contributed by atoms with Gasteiger partial charge in [-0.1, -0.05) is 48.9 Å². The number of carbonyl (C=O) groups is 1. The van der Waals surface area contributed by atoms with Crippen molar-refractivity contribution in [2.45, 2.75) is 20.4 Å². The van der Waals surface area contributed by atoms with Crippen molar-refractivity contribution in [3.05, 3.63) is 35.0 Å². The molecule has 0 saturated carbocycles. The molecule has 0 bridgehead atoms. The molecule has 0 saturated heterocycles. The molecule has 1 N–H and O–H groups in total. The van der Waals surface area contributed by atoms with Crippen LogP contribution < -0.4 is 0 Å². The minimum absolute atomic E-state index is 0.0752. The molecule has 0 radical (unpaired) electrons. The van der Waals surface area contributed by atoms with Gasteiger partial charge in [-0.05, 0) is 12.0 Å². The first-order valence-electron chi connectivity index (χ1n) is 5.92. The zero-order valence-electron chi connectivity index (χ0n) is 10.7. The average Bonchev–Trinajstić information content (AvgIpc) is 2.72. The van der Waals surface area contributed by atoms with Crippen molar-refractivity contribution in [3.8, 4) is 11.3 Å². The van der Waals surface area contributed by atoms with Crippen LogP contribution in [0.25, 0.3) is 11.3 Å². The highest BCUT2D eigenvalue weighted by Gasteiger charge is 2.22. The zero-order chi connectivity index (χ0) is 14.0. The van der Waals surface area contributed by atoms with Crippen LogP contribution in [0.15, 0.2) is 24.3 Å². The standard InChI is InChI=1S/C13H14ClN3O2/c1-8(2)7-17-12(11(13(18)19)15-16-17)9-5-3-4-6-10(9)14/h3-6,8H,7H2,1-2H3,(H,18,19). The highest BCUT2D eigenvalue weighted by molar-refractivity contribution is 6.33. The summed E-state index contributed by atoms with van der Waals surface area (Å²) < 4.78 is 1.59. The molecule has 0 unspecified atom stereocenters. The van der Waals surface area contributed by atoms with Crippen LogP contribution in [0, 0.1) is 5.92 Å². The average molecular weight is 280 g/mol. The van der Waals surface area contributed by atoms with Gasteiger partial charge in [0.2, 0.25) is 0 Å². The monoisotopic (exact) mass is 279 g/mol. The number of aromatic nitrogens is 3. The van der Waals surface area contributed by atoms with Crippen molar-refractivity contribution in [3.63, 3.8) is 0 Å². The molecular formula is C13H14ClN3O2. The molecule has 1 aromatic carbocycles. The number of rotatable bonds is 4. The van der Waals surface area contributed by atoms with Gasteiger partial charge in [0.25, 0.3) is 0 Å². The number of aromatic carboxylic acids is 1. The van der Waals surface area contributed by atoms with Crippen molar-refractivity contribution in [2.24, 2.45) is 5.92 Å². The van der Waals surface area contributed by atoms with E-state index in [1.165, 1.54) is 0 Å². The van der Waals surface area contributed by atoms with Crippen LogP contribution in [-0.2, 0) is 6.54 Å².